The van der Waals surface area contributed by atoms with Crippen molar-refractivity contribution in [2.24, 2.45) is 11.8 Å². The Bertz CT molecular complexity index is 1200. The summed E-state index contributed by atoms with van der Waals surface area (Å²) in [7, 11) is -2.22. The summed E-state index contributed by atoms with van der Waals surface area (Å²) in [6.45, 7) is 7.63. The van der Waals surface area contributed by atoms with Crippen LogP contribution in [0.25, 0.3) is 0 Å². The Balaban J connectivity index is 2.02. The molecule has 3 atom stereocenters. The number of hydrogen-bond donors (Lipinski definition) is 1. The summed E-state index contributed by atoms with van der Waals surface area (Å²) < 4.78 is 34.8. The van der Waals surface area contributed by atoms with Gasteiger partial charge in [0.25, 0.3) is 5.91 Å². The minimum atomic E-state index is -3.93. The average molecular weight is 499 g/mol. The van der Waals surface area contributed by atoms with E-state index in [-0.39, 0.29) is 48.1 Å². The number of likely N-dealkylation sites (N-methyl/N-ethyl adjacent to an activating group) is 1. The van der Waals surface area contributed by atoms with Gasteiger partial charge in [-0.1, -0.05) is 50.8 Å². The van der Waals surface area contributed by atoms with E-state index in [0.717, 1.165) is 0 Å². The summed E-state index contributed by atoms with van der Waals surface area (Å²) in [5.41, 5.74) is 1.22. The Hall–Kier alpha value is -2.86. The number of fused-ring (bicyclic) bond motifs is 1. The lowest BCUT2D eigenvalue weighted by Crippen LogP contribution is -2.50. The van der Waals surface area contributed by atoms with Crippen molar-refractivity contribution in [2.45, 2.75) is 44.7 Å². The fourth-order valence-corrected chi connectivity index (χ4v) is 5.73. The third-order valence-electron chi connectivity index (χ3n) is 5.99. The Kier molecular flexibility index (Phi) is 8.60. The van der Waals surface area contributed by atoms with Gasteiger partial charge in [0.05, 0.1) is 13.2 Å². The molecule has 8 heteroatoms. The molecule has 35 heavy (non-hydrogen) atoms. The molecule has 2 aromatic rings. The van der Waals surface area contributed by atoms with Gasteiger partial charge in [0, 0.05) is 42.6 Å². The summed E-state index contributed by atoms with van der Waals surface area (Å²) in [5, 5.41) is 9.78. The fourth-order valence-electron chi connectivity index (χ4n) is 3.90. The molecule has 1 aliphatic rings. The number of sulfonamides is 1. The van der Waals surface area contributed by atoms with E-state index in [9.17, 15) is 18.3 Å². The molecule has 2 aromatic carbocycles. The molecule has 1 heterocycles. The maximum Gasteiger partial charge on any atom is 0.253 e. The van der Waals surface area contributed by atoms with E-state index < -0.39 is 22.2 Å². The summed E-state index contributed by atoms with van der Waals surface area (Å²) >= 11 is 0. The lowest BCUT2D eigenvalue weighted by atomic mass is 10.0. The Morgan fingerprint density at radius 2 is 1.89 bits per heavy atom. The molecule has 0 saturated carbocycles. The fraction of sp³-hybridized carbons (Fsp3) is 0.444. The molecule has 0 saturated heterocycles. The number of carbonyl (C=O) groups is 1. The van der Waals surface area contributed by atoms with Gasteiger partial charge in [-0.2, -0.15) is 4.31 Å². The maximum absolute atomic E-state index is 13.6. The van der Waals surface area contributed by atoms with Gasteiger partial charge in [0.2, 0.25) is 10.0 Å². The zero-order chi connectivity index (χ0) is 25.8. The van der Waals surface area contributed by atoms with Crippen LogP contribution in [0.2, 0.25) is 0 Å². The molecule has 0 fully saturated rings. The van der Waals surface area contributed by atoms with Gasteiger partial charge < -0.3 is 14.7 Å². The number of aliphatic hydroxyl groups excluding tert-OH is 1. The normalized spacial score (nSPS) is 20.4. The van der Waals surface area contributed by atoms with E-state index in [4.69, 9.17) is 4.74 Å². The standard InChI is InChI=1S/C27H34N2O5S/c1-19(2)11-12-22-13-14-26-24(15-22)34-25(17-28(5)27(31)23-9-7-6-8-10-23)20(3)16-29(21(4)18-30)35(26,32)33/h6-10,13-15,19-21,25,30H,16-18H2,1-5H3/t20-,21-,25+/m0/s1. The van der Waals surface area contributed by atoms with E-state index in [1.165, 1.54) is 10.4 Å². The average Bonchev–Trinajstić information content (AvgIpc) is 2.84. The highest BCUT2D eigenvalue weighted by molar-refractivity contribution is 7.89. The van der Waals surface area contributed by atoms with E-state index >= 15 is 0 Å². The quantitative estimate of drug-likeness (QED) is 0.640. The second-order valence-corrected chi connectivity index (χ2v) is 11.2. The van der Waals surface area contributed by atoms with Crippen LogP contribution in [0.5, 0.6) is 5.75 Å². The summed E-state index contributed by atoms with van der Waals surface area (Å²) in [4.78, 5) is 14.6. The largest absolute Gasteiger partial charge is 0.487 e. The molecule has 0 radical (unpaired) electrons. The molecule has 0 unspecified atom stereocenters. The third-order valence-corrected chi connectivity index (χ3v) is 8.01. The summed E-state index contributed by atoms with van der Waals surface area (Å²) in [6, 6.07) is 13.2. The lowest BCUT2D eigenvalue weighted by Gasteiger charge is -2.37. The smallest absolute Gasteiger partial charge is 0.253 e. The van der Waals surface area contributed by atoms with Crippen molar-refractivity contribution in [1.82, 2.24) is 9.21 Å². The second kappa shape index (κ2) is 11.3. The number of carbonyl (C=O) groups excluding carboxylic acids is 1. The van der Waals surface area contributed by atoms with E-state index in [2.05, 4.69) is 11.8 Å². The molecule has 0 aliphatic carbocycles. The predicted octanol–water partition coefficient (Wildman–Crippen LogP) is 3.23. The maximum atomic E-state index is 13.6. The monoisotopic (exact) mass is 498 g/mol. The molecule has 3 rings (SSSR count). The van der Waals surface area contributed by atoms with Crippen molar-refractivity contribution in [2.75, 3.05) is 26.7 Å². The molecule has 0 bridgehead atoms. The SMILES string of the molecule is CC(C)C#Cc1ccc2c(c1)O[C@H](CN(C)C(=O)c1ccccc1)[C@@H](C)CN([C@@H](C)CO)S2(=O)=O. The van der Waals surface area contributed by atoms with Crippen LogP contribution in [-0.4, -0.2) is 67.5 Å². The number of hydrogen-bond acceptors (Lipinski definition) is 5. The minimum absolute atomic E-state index is 0.0295. The van der Waals surface area contributed by atoms with Crippen LogP contribution in [0.15, 0.2) is 53.4 Å². The van der Waals surface area contributed by atoms with Crippen molar-refractivity contribution < 1.29 is 23.1 Å². The Morgan fingerprint density at radius 1 is 1.20 bits per heavy atom. The summed E-state index contributed by atoms with van der Waals surface area (Å²) in [5.74, 6) is 6.11. The first-order valence-corrected chi connectivity index (χ1v) is 13.2. The van der Waals surface area contributed by atoms with E-state index in [1.54, 1.807) is 43.1 Å². The lowest BCUT2D eigenvalue weighted by molar-refractivity contribution is 0.0563. The van der Waals surface area contributed by atoms with Gasteiger partial charge in [-0.05, 0) is 37.3 Å². The third kappa shape index (κ3) is 6.23. The molecule has 1 N–H and O–H groups in total. The van der Waals surface area contributed by atoms with Gasteiger partial charge in [0.1, 0.15) is 16.7 Å². The van der Waals surface area contributed by atoms with Crippen molar-refractivity contribution >= 4 is 15.9 Å². The number of benzene rings is 2. The van der Waals surface area contributed by atoms with Crippen LogP contribution in [0, 0.1) is 23.7 Å². The van der Waals surface area contributed by atoms with Crippen molar-refractivity contribution in [3.8, 4) is 17.6 Å². The number of aliphatic hydroxyl groups is 1. The zero-order valence-corrected chi connectivity index (χ0v) is 21.7. The molecule has 7 nitrogen and oxygen atoms in total. The molecular weight excluding hydrogens is 464 g/mol. The van der Waals surface area contributed by atoms with Gasteiger partial charge >= 0.3 is 0 Å². The van der Waals surface area contributed by atoms with Crippen molar-refractivity contribution in [3.63, 3.8) is 0 Å². The van der Waals surface area contributed by atoms with Gasteiger partial charge in [-0.3, -0.25) is 4.79 Å². The highest BCUT2D eigenvalue weighted by Gasteiger charge is 2.38. The number of nitrogens with zero attached hydrogens (tertiary/aromatic N) is 2. The van der Waals surface area contributed by atoms with Gasteiger partial charge in [0.15, 0.2) is 0 Å². The number of rotatable bonds is 5. The molecule has 0 spiro atoms. The van der Waals surface area contributed by atoms with E-state index in [1.807, 2.05) is 39.0 Å². The first kappa shape index (κ1) is 26.7. The summed E-state index contributed by atoms with van der Waals surface area (Å²) in [6.07, 6.45) is -0.483. The molecule has 188 valence electrons. The number of amides is 1. The van der Waals surface area contributed by atoms with E-state index in [0.29, 0.717) is 11.1 Å². The van der Waals surface area contributed by atoms with Crippen LogP contribution in [0.3, 0.4) is 0 Å². The topological polar surface area (TPSA) is 87.2 Å². The van der Waals surface area contributed by atoms with Crippen LogP contribution < -0.4 is 4.74 Å². The molecular formula is C27H34N2O5S. The van der Waals surface area contributed by atoms with Gasteiger partial charge in [-0.15, -0.1) is 0 Å². The first-order valence-electron chi connectivity index (χ1n) is 11.8. The predicted molar refractivity (Wildman–Crippen MR) is 136 cm³/mol. The molecule has 1 aliphatic heterocycles. The van der Waals surface area contributed by atoms with Crippen LogP contribution >= 0.6 is 0 Å². The highest BCUT2D eigenvalue weighted by atomic mass is 32.2. The van der Waals surface area contributed by atoms with Crippen molar-refractivity contribution in [3.05, 3.63) is 59.7 Å². The minimum Gasteiger partial charge on any atom is -0.487 e. The van der Waals surface area contributed by atoms with Gasteiger partial charge in [-0.25, -0.2) is 8.42 Å². The highest BCUT2D eigenvalue weighted by Crippen LogP contribution is 2.34. The first-order chi connectivity index (χ1) is 16.5. The van der Waals surface area contributed by atoms with Crippen LogP contribution in [-0.2, 0) is 10.0 Å². The zero-order valence-electron chi connectivity index (χ0n) is 20.9. The van der Waals surface area contributed by atoms with Crippen molar-refractivity contribution in [1.29, 1.82) is 0 Å². The Morgan fingerprint density at radius 3 is 2.51 bits per heavy atom. The van der Waals surface area contributed by atoms with Crippen LogP contribution in [0.4, 0.5) is 0 Å². The number of ether oxygens (including phenoxy) is 1. The molecule has 1 amide bonds. The van der Waals surface area contributed by atoms with Crippen LogP contribution in [0.1, 0.15) is 43.6 Å². The molecule has 0 aromatic heterocycles. The Labute approximate surface area is 208 Å². The second-order valence-electron chi connectivity index (χ2n) is 9.38.